The van der Waals surface area contributed by atoms with E-state index in [4.69, 9.17) is 11.6 Å². The van der Waals surface area contributed by atoms with Gasteiger partial charge in [-0.15, -0.1) is 0 Å². The van der Waals surface area contributed by atoms with E-state index in [0.29, 0.717) is 29.8 Å². The maximum Gasteiger partial charge on any atom is 0.319 e. The lowest BCUT2D eigenvalue weighted by atomic mass is 9.95. The zero-order chi connectivity index (χ0) is 19.2. The highest BCUT2D eigenvalue weighted by molar-refractivity contribution is 6.31. The van der Waals surface area contributed by atoms with Gasteiger partial charge in [0, 0.05) is 35.9 Å². The largest absolute Gasteiger partial charge is 0.335 e. The topological polar surface area (TPSA) is 73.5 Å². The van der Waals surface area contributed by atoms with Crippen LogP contribution in [-0.4, -0.2) is 42.1 Å². The van der Waals surface area contributed by atoms with Crippen molar-refractivity contribution in [1.82, 2.24) is 15.5 Å². The second-order valence-corrected chi connectivity index (χ2v) is 8.02. The van der Waals surface area contributed by atoms with Crippen LogP contribution in [0.1, 0.15) is 50.5 Å². The first-order valence-corrected chi connectivity index (χ1v) is 10.3. The second kappa shape index (κ2) is 9.31. The van der Waals surface area contributed by atoms with E-state index in [-0.39, 0.29) is 18.1 Å². The van der Waals surface area contributed by atoms with Crippen molar-refractivity contribution in [2.24, 2.45) is 0 Å². The number of urea groups is 2. The Morgan fingerprint density at radius 2 is 1.67 bits per heavy atom. The highest BCUT2D eigenvalue weighted by atomic mass is 35.5. The minimum Gasteiger partial charge on any atom is -0.335 e. The first-order chi connectivity index (χ1) is 13.0. The maximum atomic E-state index is 12.4. The number of hydrogen-bond acceptors (Lipinski definition) is 2. The highest BCUT2D eigenvalue weighted by Crippen LogP contribution is 2.20. The number of piperidine rings is 1. The molecule has 0 radical (unpaired) electrons. The Hall–Kier alpha value is -1.95. The van der Waals surface area contributed by atoms with Gasteiger partial charge in [-0.2, -0.15) is 0 Å². The van der Waals surface area contributed by atoms with Gasteiger partial charge in [0.1, 0.15) is 0 Å². The fourth-order valence-electron chi connectivity index (χ4n) is 3.76. The summed E-state index contributed by atoms with van der Waals surface area (Å²) in [7, 11) is 0. The van der Waals surface area contributed by atoms with Crippen molar-refractivity contribution in [1.29, 1.82) is 0 Å². The average Bonchev–Trinajstić information content (AvgIpc) is 2.66. The molecule has 7 heteroatoms. The normalized spacial score (nSPS) is 18.8. The molecular weight excluding hydrogens is 364 g/mol. The van der Waals surface area contributed by atoms with Gasteiger partial charge in [-0.1, -0.05) is 36.9 Å². The third kappa shape index (κ3) is 5.76. The second-order valence-electron chi connectivity index (χ2n) is 7.61. The van der Waals surface area contributed by atoms with Crippen molar-refractivity contribution >= 4 is 29.4 Å². The molecule has 1 heterocycles. The Morgan fingerprint density at radius 3 is 2.33 bits per heavy atom. The number of carbonyl (C=O) groups is 2. The van der Waals surface area contributed by atoms with E-state index in [1.54, 1.807) is 6.07 Å². The lowest BCUT2D eigenvalue weighted by molar-refractivity contribution is 0.170. The summed E-state index contributed by atoms with van der Waals surface area (Å²) < 4.78 is 0. The minimum absolute atomic E-state index is 0.0408. The molecule has 1 aliphatic carbocycles. The van der Waals surface area contributed by atoms with Crippen LogP contribution in [0.15, 0.2) is 18.2 Å². The minimum atomic E-state index is -0.236. The monoisotopic (exact) mass is 392 g/mol. The molecular formula is C20H29ClN4O2. The van der Waals surface area contributed by atoms with Crippen LogP contribution in [0.2, 0.25) is 5.02 Å². The van der Waals surface area contributed by atoms with E-state index in [9.17, 15) is 9.59 Å². The van der Waals surface area contributed by atoms with Crippen LogP contribution in [0.4, 0.5) is 15.3 Å². The van der Waals surface area contributed by atoms with E-state index in [1.807, 2.05) is 24.0 Å². The highest BCUT2D eigenvalue weighted by Gasteiger charge is 2.25. The first kappa shape index (κ1) is 19.8. The van der Waals surface area contributed by atoms with Gasteiger partial charge < -0.3 is 20.9 Å². The van der Waals surface area contributed by atoms with Crippen molar-refractivity contribution < 1.29 is 9.59 Å². The van der Waals surface area contributed by atoms with E-state index in [0.717, 1.165) is 31.2 Å². The van der Waals surface area contributed by atoms with Gasteiger partial charge >= 0.3 is 12.1 Å². The Morgan fingerprint density at radius 1 is 1.00 bits per heavy atom. The summed E-state index contributed by atoms with van der Waals surface area (Å²) in [6, 6.07) is 5.66. The zero-order valence-corrected chi connectivity index (χ0v) is 16.6. The fraction of sp³-hybridized carbons (Fsp3) is 0.600. The van der Waals surface area contributed by atoms with Gasteiger partial charge in [-0.25, -0.2) is 9.59 Å². The number of aryl methyl sites for hydroxylation is 1. The molecule has 6 nitrogen and oxygen atoms in total. The third-order valence-electron chi connectivity index (χ3n) is 5.48. The smallest absolute Gasteiger partial charge is 0.319 e. The lowest BCUT2D eigenvalue weighted by Crippen LogP contribution is -2.52. The summed E-state index contributed by atoms with van der Waals surface area (Å²) in [5.41, 5.74) is 1.65. The van der Waals surface area contributed by atoms with Crippen molar-refractivity contribution in [3.8, 4) is 0 Å². The molecule has 0 bridgehead atoms. The number of hydrogen-bond donors (Lipinski definition) is 3. The number of nitrogens with zero attached hydrogens (tertiary/aromatic N) is 1. The Kier molecular flexibility index (Phi) is 6.83. The lowest BCUT2D eigenvalue weighted by Gasteiger charge is -2.34. The van der Waals surface area contributed by atoms with Gasteiger partial charge in [-0.05, 0) is 50.3 Å². The van der Waals surface area contributed by atoms with E-state index < -0.39 is 0 Å². The number of likely N-dealkylation sites (tertiary alicyclic amines) is 1. The number of rotatable bonds is 3. The summed E-state index contributed by atoms with van der Waals surface area (Å²) in [6.07, 6.45) is 7.40. The molecule has 3 N–H and O–H groups in total. The summed E-state index contributed by atoms with van der Waals surface area (Å²) in [5, 5.41) is 9.60. The molecule has 1 saturated heterocycles. The van der Waals surface area contributed by atoms with Crippen LogP contribution in [0.3, 0.4) is 0 Å². The molecule has 0 aromatic heterocycles. The predicted octanol–water partition coefficient (Wildman–Crippen LogP) is 4.28. The molecule has 1 aromatic carbocycles. The van der Waals surface area contributed by atoms with E-state index in [1.165, 1.54) is 19.3 Å². The first-order valence-electron chi connectivity index (χ1n) is 9.90. The Bertz CT molecular complexity index is 668. The SMILES string of the molecule is Cc1ccc(NC(=O)NC2CCN(C(=O)NC3CCCCC3)CC2)cc1Cl. The molecule has 1 aliphatic heterocycles. The number of halogens is 1. The summed E-state index contributed by atoms with van der Waals surface area (Å²) in [4.78, 5) is 26.5. The van der Waals surface area contributed by atoms with Gasteiger partial charge in [-0.3, -0.25) is 0 Å². The van der Waals surface area contributed by atoms with Gasteiger partial charge in [0.25, 0.3) is 0 Å². The molecule has 3 rings (SSSR count). The van der Waals surface area contributed by atoms with Crippen molar-refractivity contribution in [3.05, 3.63) is 28.8 Å². The van der Waals surface area contributed by atoms with Crippen LogP contribution in [-0.2, 0) is 0 Å². The van der Waals surface area contributed by atoms with Crippen LogP contribution in [0.5, 0.6) is 0 Å². The fourth-order valence-corrected chi connectivity index (χ4v) is 3.94. The molecule has 1 aromatic rings. The van der Waals surface area contributed by atoms with Crippen LogP contribution in [0, 0.1) is 6.92 Å². The molecule has 4 amide bonds. The molecule has 1 saturated carbocycles. The average molecular weight is 393 g/mol. The van der Waals surface area contributed by atoms with Gasteiger partial charge in [0.2, 0.25) is 0 Å². The maximum absolute atomic E-state index is 12.4. The number of anilines is 1. The van der Waals surface area contributed by atoms with E-state index >= 15 is 0 Å². The van der Waals surface area contributed by atoms with Crippen LogP contribution in [0.25, 0.3) is 0 Å². The molecule has 2 aliphatic rings. The molecule has 0 atom stereocenters. The van der Waals surface area contributed by atoms with Gasteiger partial charge in [0.15, 0.2) is 0 Å². The van der Waals surface area contributed by atoms with Crippen LogP contribution >= 0.6 is 11.6 Å². The van der Waals surface area contributed by atoms with Gasteiger partial charge in [0.05, 0.1) is 0 Å². The predicted molar refractivity (Wildman–Crippen MR) is 108 cm³/mol. The van der Waals surface area contributed by atoms with Crippen molar-refractivity contribution in [2.45, 2.75) is 64.0 Å². The number of amides is 4. The number of carbonyl (C=O) groups excluding carboxylic acids is 2. The van der Waals surface area contributed by atoms with Crippen molar-refractivity contribution in [2.75, 3.05) is 18.4 Å². The van der Waals surface area contributed by atoms with E-state index in [2.05, 4.69) is 16.0 Å². The Labute approximate surface area is 166 Å². The zero-order valence-electron chi connectivity index (χ0n) is 15.9. The molecule has 0 spiro atoms. The molecule has 0 unspecified atom stereocenters. The number of benzene rings is 1. The molecule has 2 fully saturated rings. The molecule has 148 valence electrons. The summed E-state index contributed by atoms with van der Waals surface area (Å²) in [6.45, 7) is 3.25. The summed E-state index contributed by atoms with van der Waals surface area (Å²) >= 11 is 6.09. The molecule has 27 heavy (non-hydrogen) atoms. The van der Waals surface area contributed by atoms with Crippen molar-refractivity contribution in [3.63, 3.8) is 0 Å². The van der Waals surface area contributed by atoms with Crippen LogP contribution < -0.4 is 16.0 Å². The standard InChI is InChI=1S/C20H29ClN4O2/c1-14-7-8-17(13-18(14)21)23-19(26)22-16-9-11-25(12-10-16)20(27)24-15-5-3-2-4-6-15/h7-8,13,15-16H,2-6,9-12H2,1H3,(H,24,27)(H2,22,23,26). The number of nitrogens with one attached hydrogen (secondary N) is 3. The Balaban J connectivity index is 1.40. The summed E-state index contributed by atoms with van der Waals surface area (Å²) in [5.74, 6) is 0. The third-order valence-corrected chi connectivity index (χ3v) is 5.89. The quantitative estimate of drug-likeness (QED) is 0.718.